The Bertz CT molecular complexity index is 693. The molecule has 3 nitrogen and oxygen atoms in total. The number of halogens is 1. The maximum atomic E-state index is 12.7. The monoisotopic (exact) mass is 343 g/mol. The summed E-state index contributed by atoms with van der Waals surface area (Å²) in [6, 6.07) is 16.9. The molecular formula is C20H22ClNO2. The number of carbonyl (C=O) groups is 1. The molecule has 1 aliphatic carbocycles. The molecule has 3 rings (SSSR count). The van der Waals surface area contributed by atoms with Crippen LogP contribution in [0.5, 0.6) is 0 Å². The van der Waals surface area contributed by atoms with Crippen molar-refractivity contribution in [3.05, 3.63) is 70.7 Å². The molecule has 0 saturated heterocycles. The third-order valence-corrected chi connectivity index (χ3v) is 4.86. The van der Waals surface area contributed by atoms with Gasteiger partial charge in [-0.05, 0) is 48.9 Å². The van der Waals surface area contributed by atoms with Gasteiger partial charge < -0.3 is 10.4 Å². The van der Waals surface area contributed by atoms with Gasteiger partial charge in [-0.1, -0.05) is 54.1 Å². The van der Waals surface area contributed by atoms with Crippen molar-refractivity contribution in [1.82, 2.24) is 5.32 Å². The molecule has 0 bridgehead atoms. The summed E-state index contributed by atoms with van der Waals surface area (Å²) < 4.78 is 0. The lowest BCUT2D eigenvalue weighted by Gasteiger charge is -2.26. The van der Waals surface area contributed by atoms with E-state index in [9.17, 15) is 9.90 Å². The van der Waals surface area contributed by atoms with Gasteiger partial charge in [0.2, 0.25) is 5.91 Å². The number of carbonyl (C=O) groups excluding carboxylic acids is 1. The van der Waals surface area contributed by atoms with Crippen LogP contribution in [0.4, 0.5) is 0 Å². The fraction of sp³-hybridized carbons (Fsp3) is 0.350. The van der Waals surface area contributed by atoms with E-state index in [1.165, 1.54) is 0 Å². The first kappa shape index (κ1) is 17.0. The summed E-state index contributed by atoms with van der Waals surface area (Å²) in [5.41, 5.74) is 0.643. The zero-order valence-electron chi connectivity index (χ0n) is 13.7. The lowest BCUT2D eigenvalue weighted by molar-refractivity contribution is -0.124. The van der Waals surface area contributed by atoms with Crippen LogP contribution in [0.2, 0.25) is 5.02 Å². The first-order chi connectivity index (χ1) is 11.5. The molecule has 1 amide bonds. The molecule has 126 valence electrons. The number of benzene rings is 2. The highest BCUT2D eigenvalue weighted by Gasteiger charge is 2.37. The molecule has 24 heavy (non-hydrogen) atoms. The summed E-state index contributed by atoms with van der Waals surface area (Å²) in [5, 5.41) is 14.2. The molecule has 2 N–H and O–H groups in total. The molecule has 2 unspecified atom stereocenters. The van der Waals surface area contributed by atoms with E-state index < -0.39 is 5.60 Å². The van der Waals surface area contributed by atoms with Crippen LogP contribution in [0.25, 0.3) is 0 Å². The zero-order valence-corrected chi connectivity index (χ0v) is 14.5. The van der Waals surface area contributed by atoms with E-state index in [1.54, 1.807) is 31.2 Å². The second kappa shape index (κ2) is 6.96. The van der Waals surface area contributed by atoms with Gasteiger partial charge in [0, 0.05) is 5.02 Å². The highest BCUT2D eigenvalue weighted by Crippen LogP contribution is 2.42. The van der Waals surface area contributed by atoms with Gasteiger partial charge in [-0.15, -0.1) is 0 Å². The molecular weight excluding hydrogens is 322 g/mol. The van der Waals surface area contributed by atoms with Gasteiger partial charge in [0.25, 0.3) is 0 Å². The molecule has 1 saturated carbocycles. The zero-order chi connectivity index (χ0) is 17.2. The lowest BCUT2D eigenvalue weighted by Crippen LogP contribution is -2.41. The number of hydrogen-bond donors (Lipinski definition) is 2. The molecule has 0 heterocycles. The fourth-order valence-electron chi connectivity index (χ4n) is 3.01. The first-order valence-electron chi connectivity index (χ1n) is 8.28. The maximum absolute atomic E-state index is 12.7. The maximum Gasteiger partial charge on any atom is 0.227 e. The minimum Gasteiger partial charge on any atom is -0.384 e. The summed E-state index contributed by atoms with van der Waals surface area (Å²) >= 11 is 5.89. The van der Waals surface area contributed by atoms with Gasteiger partial charge >= 0.3 is 0 Å². The Morgan fingerprint density at radius 1 is 1.21 bits per heavy atom. The van der Waals surface area contributed by atoms with E-state index in [1.807, 2.05) is 30.3 Å². The molecule has 0 aliphatic heterocycles. The number of nitrogens with one attached hydrogen (secondary N) is 1. The van der Waals surface area contributed by atoms with Crippen molar-refractivity contribution in [2.75, 3.05) is 6.54 Å². The van der Waals surface area contributed by atoms with Crippen molar-refractivity contribution in [3.8, 4) is 0 Å². The summed E-state index contributed by atoms with van der Waals surface area (Å²) in [5.74, 6) is 0.262. The highest BCUT2D eigenvalue weighted by molar-refractivity contribution is 6.30. The summed E-state index contributed by atoms with van der Waals surface area (Å²) in [6.45, 7) is 1.87. The molecule has 2 atom stereocenters. The Labute approximate surface area is 147 Å². The third-order valence-electron chi connectivity index (χ3n) is 4.61. The molecule has 2 aromatic carbocycles. The fourth-order valence-corrected chi connectivity index (χ4v) is 3.13. The van der Waals surface area contributed by atoms with E-state index in [-0.39, 0.29) is 18.4 Å². The molecule has 2 aromatic rings. The van der Waals surface area contributed by atoms with E-state index in [0.29, 0.717) is 10.9 Å². The largest absolute Gasteiger partial charge is 0.384 e. The number of amides is 1. The predicted molar refractivity (Wildman–Crippen MR) is 95.9 cm³/mol. The molecule has 0 radical (unpaired) electrons. The molecule has 1 fully saturated rings. The highest BCUT2D eigenvalue weighted by atomic mass is 35.5. The average Bonchev–Trinajstić information content (AvgIpc) is 3.40. The minimum absolute atomic E-state index is 0.0158. The number of aliphatic hydroxyl groups is 1. The number of hydrogen-bond acceptors (Lipinski definition) is 2. The van der Waals surface area contributed by atoms with Crippen molar-refractivity contribution in [1.29, 1.82) is 0 Å². The first-order valence-corrected chi connectivity index (χ1v) is 8.66. The third kappa shape index (κ3) is 3.97. The molecule has 4 heteroatoms. The topological polar surface area (TPSA) is 49.3 Å². The van der Waals surface area contributed by atoms with Crippen LogP contribution in [-0.4, -0.2) is 17.6 Å². The minimum atomic E-state index is -1.13. The van der Waals surface area contributed by atoms with Crippen LogP contribution >= 0.6 is 11.6 Å². The van der Waals surface area contributed by atoms with E-state index >= 15 is 0 Å². The quantitative estimate of drug-likeness (QED) is 0.836. The second-order valence-electron chi connectivity index (χ2n) is 6.72. The summed E-state index contributed by atoms with van der Waals surface area (Å²) in [4.78, 5) is 12.7. The van der Waals surface area contributed by atoms with Gasteiger partial charge in [0.05, 0.1) is 12.5 Å². The van der Waals surface area contributed by atoms with Crippen LogP contribution in [0, 0.1) is 5.92 Å². The van der Waals surface area contributed by atoms with Gasteiger partial charge in [0.1, 0.15) is 5.60 Å². The Hall–Kier alpha value is -1.84. The predicted octanol–water partition coefficient (Wildman–Crippen LogP) is 3.86. The van der Waals surface area contributed by atoms with Crippen molar-refractivity contribution in [2.45, 2.75) is 31.3 Å². The van der Waals surface area contributed by atoms with Crippen molar-refractivity contribution in [2.24, 2.45) is 5.92 Å². The summed E-state index contributed by atoms with van der Waals surface area (Å²) in [6.07, 6.45) is 2.17. The Morgan fingerprint density at radius 2 is 1.83 bits per heavy atom. The normalized spacial score (nSPS) is 17.8. The van der Waals surface area contributed by atoms with Crippen LogP contribution in [-0.2, 0) is 10.4 Å². The van der Waals surface area contributed by atoms with Crippen LogP contribution < -0.4 is 5.32 Å². The van der Waals surface area contributed by atoms with E-state index in [4.69, 9.17) is 11.6 Å². The van der Waals surface area contributed by atoms with Gasteiger partial charge in [-0.2, -0.15) is 0 Å². The molecule has 0 aromatic heterocycles. The van der Waals surface area contributed by atoms with Crippen LogP contribution in [0.3, 0.4) is 0 Å². The Kier molecular flexibility index (Phi) is 4.93. The Morgan fingerprint density at radius 3 is 2.42 bits per heavy atom. The van der Waals surface area contributed by atoms with Crippen molar-refractivity contribution in [3.63, 3.8) is 0 Å². The standard InChI is InChI=1S/C20H22ClNO2/c1-20(24,16-9-11-17(21)12-10-16)13-22-19(23)18(15-7-8-15)14-5-3-2-4-6-14/h2-6,9-12,15,18,24H,7-8,13H2,1H3,(H,22,23). The van der Waals surface area contributed by atoms with E-state index in [0.717, 1.165) is 24.0 Å². The number of rotatable bonds is 6. The average molecular weight is 344 g/mol. The molecule has 0 spiro atoms. The second-order valence-corrected chi connectivity index (χ2v) is 7.16. The summed E-state index contributed by atoms with van der Waals surface area (Å²) in [7, 11) is 0. The van der Waals surface area contributed by atoms with Gasteiger partial charge in [-0.3, -0.25) is 4.79 Å². The Balaban J connectivity index is 1.68. The molecule has 1 aliphatic rings. The smallest absolute Gasteiger partial charge is 0.227 e. The van der Waals surface area contributed by atoms with Gasteiger partial charge in [0.15, 0.2) is 0 Å². The van der Waals surface area contributed by atoms with E-state index in [2.05, 4.69) is 5.32 Å². The van der Waals surface area contributed by atoms with Crippen LogP contribution in [0.1, 0.15) is 36.8 Å². The van der Waals surface area contributed by atoms with Crippen molar-refractivity contribution < 1.29 is 9.90 Å². The SMILES string of the molecule is CC(O)(CNC(=O)C(c1ccccc1)C1CC1)c1ccc(Cl)cc1. The van der Waals surface area contributed by atoms with Crippen LogP contribution in [0.15, 0.2) is 54.6 Å². The lowest BCUT2D eigenvalue weighted by atomic mass is 9.92. The van der Waals surface area contributed by atoms with Crippen molar-refractivity contribution >= 4 is 17.5 Å². The van der Waals surface area contributed by atoms with Gasteiger partial charge in [-0.25, -0.2) is 0 Å².